The summed E-state index contributed by atoms with van der Waals surface area (Å²) >= 11 is 0. The Balaban J connectivity index is 2.10. The lowest BCUT2D eigenvalue weighted by Crippen LogP contribution is -2.57. The van der Waals surface area contributed by atoms with Crippen molar-refractivity contribution in [2.24, 2.45) is 5.92 Å². The van der Waals surface area contributed by atoms with Gasteiger partial charge in [-0.05, 0) is 13.0 Å². The van der Waals surface area contributed by atoms with Gasteiger partial charge in [-0.1, -0.05) is 13.8 Å². The van der Waals surface area contributed by atoms with Gasteiger partial charge in [0, 0.05) is 31.6 Å². The number of likely N-dealkylation sites (N-methyl/N-ethyl adjacent to an activating group) is 1. The number of nitrogens with one attached hydrogen (secondary N) is 1. The Bertz CT molecular complexity index is 384. The van der Waals surface area contributed by atoms with Crippen LogP contribution in [0.25, 0.3) is 0 Å². The molecule has 1 aromatic heterocycles. The van der Waals surface area contributed by atoms with E-state index in [0.29, 0.717) is 17.8 Å². The second-order valence-corrected chi connectivity index (χ2v) is 5.06. The van der Waals surface area contributed by atoms with E-state index in [4.69, 9.17) is 5.73 Å². The maximum atomic E-state index is 5.83. The van der Waals surface area contributed by atoms with Gasteiger partial charge < -0.3 is 16.0 Å². The first-order valence-corrected chi connectivity index (χ1v) is 6.14. The van der Waals surface area contributed by atoms with Crippen molar-refractivity contribution in [3.8, 4) is 0 Å². The fourth-order valence-electron chi connectivity index (χ4n) is 1.97. The highest BCUT2D eigenvalue weighted by molar-refractivity contribution is 5.49. The van der Waals surface area contributed by atoms with Crippen LogP contribution in [0.5, 0.6) is 0 Å². The third kappa shape index (κ3) is 2.85. The van der Waals surface area contributed by atoms with Gasteiger partial charge >= 0.3 is 0 Å². The van der Waals surface area contributed by atoms with E-state index in [1.165, 1.54) is 0 Å². The van der Waals surface area contributed by atoms with E-state index >= 15 is 0 Å². The normalized spacial score (nSPS) is 16.4. The van der Waals surface area contributed by atoms with Crippen molar-refractivity contribution < 1.29 is 0 Å². The second kappa shape index (κ2) is 4.87. The van der Waals surface area contributed by atoms with Gasteiger partial charge in [0.05, 0.1) is 0 Å². The third-order valence-corrected chi connectivity index (χ3v) is 2.98. The van der Waals surface area contributed by atoms with Crippen LogP contribution >= 0.6 is 0 Å². The van der Waals surface area contributed by atoms with E-state index in [9.17, 15) is 0 Å². The zero-order valence-corrected chi connectivity index (χ0v) is 10.8. The molecule has 0 unspecified atom stereocenters. The SMILES string of the molecule is CNC1CN(c2cc(N)nc(CC(C)C)n2)C1. The first-order chi connectivity index (χ1) is 8.08. The fourth-order valence-corrected chi connectivity index (χ4v) is 1.97. The molecule has 5 nitrogen and oxygen atoms in total. The van der Waals surface area contributed by atoms with E-state index < -0.39 is 0 Å². The summed E-state index contributed by atoms with van der Waals surface area (Å²) in [5, 5.41) is 3.25. The average molecular weight is 235 g/mol. The average Bonchev–Trinajstić information content (AvgIpc) is 2.13. The van der Waals surface area contributed by atoms with Crippen LogP contribution < -0.4 is 16.0 Å². The lowest BCUT2D eigenvalue weighted by atomic mass is 10.1. The maximum absolute atomic E-state index is 5.83. The van der Waals surface area contributed by atoms with Gasteiger partial charge in [-0.3, -0.25) is 0 Å². The Kier molecular flexibility index (Phi) is 3.47. The van der Waals surface area contributed by atoms with Crippen LogP contribution in [0.1, 0.15) is 19.7 Å². The van der Waals surface area contributed by atoms with Crippen LogP contribution in [0.3, 0.4) is 0 Å². The summed E-state index contributed by atoms with van der Waals surface area (Å²) in [6.45, 7) is 6.31. The van der Waals surface area contributed by atoms with Crippen molar-refractivity contribution in [3.05, 3.63) is 11.9 Å². The number of anilines is 2. The smallest absolute Gasteiger partial charge is 0.134 e. The summed E-state index contributed by atoms with van der Waals surface area (Å²) in [7, 11) is 1.99. The predicted molar refractivity (Wildman–Crippen MR) is 70.0 cm³/mol. The van der Waals surface area contributed by atoms with E-state index in [1.54, 1.807) is 0 Å². The molecule has 1 aliphatic heterocycles. The summed E-state index contributed by atoms with van der Waals surface area (Å²) in [4.78, 5) is 11.1. The molecule has 1 aromatic rings. The van der Waals surface area contributed by atoms with E-state index in [0.717, 1.165) is 31.2 Å². The van der Waals surface area contributed by atoms with Crippen LogP contribution in [-0.2, 0) is 6.42 Å². The van der Waals surface area contributed by atoms with E-state index in [2.05, 4.69) is 34.0 Å². The minimum atomic E-state index is 0.547. The fraction of sp³-hybridized carbons (Fsp3) is 0.667. The molecule has 0 radical (unpaired) electrons. The lowest BCUT2D eigenvalue weighted by molar-refractivity contribution is 0.446. The standard InChI is InChI=1S/C12H21N5/c1-8(2)4-11-15-10(13)5-12(16-11)17-6-9(7-17)14-3/h5,8-9,14H,4,6-7H2,1-3H3,(H2,13,15,16). The monoisotopic (exact) mass is 235 g/mol. The molecule has 0 bridgehead atoms. The molecule has 5 heteroatoms. The summed E-state index contributed by atoms with van der Waals surface area (Å²) in [6.07, 6.45) is 0.876. The summed E-state index contributed by atoms with van der Waals surface area (Å²) in [5.41, 5.74) is 5.83. The van der Waals surface area contributed by atoms with Gasteiger partial charge in [0.2, 0.25) is 0 Å². The largest absolute Gasteiger partial charge is 0.384 e. The zero-order chi connectivity index (χ0) is 12.4. The molecule has 2 rings (SSSR count). The maximum Gasteiger partial charge on any atom is 0.134 e. The van der Waals surface area contributed by atoms with Gasteiger partial charge in [-0.2, -0.15) is 0 Å². The number of nitrogens with zero attached hydrogens (tertiary/aromatic N) is 3. The van der Waals surface area contributed by atoms with Crippen LogP contribution in [0.2, 0.25) is 0 Å². The Morgan fingerprint density at radius 1 is 1.47 bits per heavy atom. The molecule has 2 heterocycles. The molecule has 0 saturated carbocycles. The van der Waals surface area contributed by atoms with E-state index in [-0.39, 0.29) is 0 Å². The molecule has 0 aliphatic carbocycles. The number of nitrogen functional groups attached to an aromatic ring is 1. The second-order valence-electron chi connectivity index (χ2n) is 5.06. The number of hydrogen-bond acceptors (Lipinski definition) is 5. The molecule has 0 amide bonds. The van der Waals surface area contributed by atoms with Crippen molar-refractivity contribution >= 4 is 11.6 Å². The first kappa shape index (κ1) is 12.1. The van der Waals surface area contributed by atoms with Gasteiger partial charge in [0.15, 0.2) is 0 Å². The first-order valence-electron chi connectivity index (χ1n) is 6.14. The molecular weight excluding hydrogens is 214 g/mol. The quantitative estimate of drug-likeness (QED) is 0.802. The van der Waals surface area contributed by atoms with Gasteiger partial charge in [-0.15, -0.1) is 0 Å². The van der Waals surface area contributed by atoms with Crippen LogP contribution in [0.15, 0.2) is 6.07 Å². The highest BCUT2D eigenvalue weighted by Gasteiger charge is 2.26. The Morgan fingerprint density at radius 3 is 2.76 bits per heavy atom. The number of nitrogens with two attached hydrogens (primary N) is 1. The molecule has 0 spiro atoms. The minimum Gasteiger partial charge on any atom is -0.384 e. The highest BCUT2D eigenvalue weighted by atomic mass is 15.3. The van der Waals surface area contributed by atoms with E-state index in [1.807, 2.05) is 13.1 Å². The topological polar surface area (TPSA) is 67.1 Å². The Hall–Kier alpha value is -1.36. The van der Waals surface area contributed by atoms with Crippen molar-refractivity contribution in [2.75, 3.05) is 30.8 Å². The minimum absolute atomic E-state index is 0.547. The van der Waals surface area contributed by atoms with Crippen molar-refractivity contribution in [2.45, 2.75) is 26.3 Å². The summed E-state index contributed by atoms with van der Waals surface area (Å²) < 4.78 is 0. The Labute approximate surface area is 102 Å². The molecule has 0 aromatic carbocycles. The number of aromatic nitrogens is 2. The summed E-state index contributed by atoms with van der Waals surface area (Å²) in [6, 6.07) is 2.43. The molecule has 17 heavy (non-hydrogen) atoms. The molecular formula is C12H21N5. The zero-order valence-electron chi connectivity index (χ0n) is 10.8. The van der Waals surface area contributed by atoms with Gasteiger partial charge in [0.25, 0.3) is 0 Å². The van der Waals surface area contributed by atoms with Gasteiger partial charge in [-0.25, -0.2) is 9.97 Å². The number of rotatable bonds is 4. The molecule has 0 atom stereocenters. The van der Waals surface area contributed by atoms with Crippen LogP contribution in [-0.4, -0.2) is 36.1 Å². The van der Waals surface area contributed by atoms with Crippen molar-refractivity contribution in [3.63, 3.8) is 0 Å². The Morgan fingerprint density at radius 2 is 2.18 bits per heavy atom. The van der Waals surface area contributed by atoms with Crippen LogP contribution in [0.4, 0.5) is 11.6 Å². The van der Waals surface area contributed by atoms with Crippen molar-refractivity contribution in [1.82, 2.24) is 15.3 Å². The molecule has 3 N–H and O–H groups in total. The van der Waals surface area contributed by atoms with Gasteiger partial charge in [0.1, 0.15) is 17.5 Å². The van der Waals surface area contributed by atoms with Crippen LogP contribution in [0, 0.1) is 5.92 Å². The number of hydrogen-bond donors (Lipinski definition) is 2. The molecule has 1 aliphatic rings. The predicted octanol–water partition coefficient (Wildman–Crippen LogP) is 0.665. The van der Waals surface area contributed by atoms with Crippen molar-refractivity contribution in [1.29, 1.82) is 0 Å². The highest BCUT2D eigenvalue weighted by Crippen LogP contribution is 2.20. The molecule has 1 saturated heterocycles. The lowest BCUT2D eigenvalue weighted by Gasteiger charge is -2.40. The summed E-state index contributed by atoms with van der Waals surface area (Å²) in [5.74, 6) is 2.92. The molecule has 94 valence electrons. The third-order valence-electron chi connectivity index (χ3n) is 2.98. The molecule has 1 fully saturated rings.